The molecule has 2 aromatic rings. The molecule has 4 rings (SSSR count). The van der Waals surface area contributed by atoms with Crippen LogP contribution in [0.15, 0.2) is 54.6 Å². The first kappa shape index (κ1) is 18.8. The largest absolute Gasteiger partial charge is 0.336 e. The van der Waals surface area contributed by atoms with Gasteiger partial charge in [0.05, 0.1) is 6.04 Å². The second-order valence-corrected chi connectivity index (χ2v) is 7.51. The van der Waals surface area contributed by atoms with Gasteiger partial charge in [0.25, 0.3) is 5.91 Å². The lowest BCUT2D eigenvalue weighted by Gasteiger charge is -2.35. The summed E-state index contributed by atoms with van der Waals surface area (Å²) in [6.45, 7) is 0.981. The Labute approximate surface area is 163 Å². The molecule has 2 fully saturated rings. The molecule has 2 N–H and O–H groups in total. The van der Waals surface area contributed by atoms with Gasteiger partial charge < -0.3 is 4.90 Å². The number of carbonyl (C=O) groups excluding carboxylic acids is 2. The van der Waals surface area contributed by atoms with Crippen molar-refractivity contribution in [2.75, 3.05) is 13.1 Å². The quantitative estimate of drug-likeness (QED) is 0.781. The molecule has 5 nitrogen and oxygen atoms in total. The third kappa shape index (κ3) is 3.84. The highest BCUT2D eigenvalue weighted by molar-refractivity contribution is 6.36. The lowest BCUT2D eigenvalue weighted by Crippen LogP contribution is -2.49. The summed E-state index contributed by atoms with van der Waals surface area (Å²) in [5.41, 5.74) is 8.05. The van der Waals surface area contributed by atoms with Crippen LogP contribution in [0.4, 0.5) is 4.39 Å². The Balaban J connectivity index is 1.40. The predicted octanol–water partition coefficient (Wildman–Crippen LogP) is 2.39. The number of aryl methyl sites for hydroxylation is 1. The molecular formula is C22H24FN3O2. The molecule has 6 heteroatoms. The zero-order chi connectivity index (χ0) is 19.5. The van der Waals surface area contributed by atoms with Gasteiger partial charge in [-0.2, -0.15) is 0 Å². The number of rotatable bonds is 5. The Hall–Kier alpha value is -2.57. The van der Waals surface area contributed by atoms with Crippen molar-refractivity contribution in [3.63, 3.8) is 0 Å². The van der Waals surface area contributed by atoms with Crippen LogP contribution in [0.2, 0.25) is 0 Å². The van der Waals surface area contributed by atoms with Crippen molar-refractivity contribution < 1.29 is 14.0 Å². The number of carbonyl (C=O) groups is 2. The van der Waals surface area contributed by atoms with Crippen molar-refractivity contribution in [3.8, 4) is 0 Å². The summed E-state index contributed by atoms with van der Waals surface area (Å²) in [4.78, 5) is 26.7. The predicted molar refractivity (Wildman–Crippen MR) is 104 cm³/mol. The Kier molecular flexibility index (Phi) is 5.50. The van der Waals surface area contributed by atoms with Gasteiger partial charge >= 0.3 is 0 Å². The molecule has 2 heterocycles. The van der Waals surface area contributed by atoms with Gasteiger partial charge in [0, 0.05) is 37.0 Å². The molecule has 0 radical (unpaired) electrons. The summed E-state index contributed by atoms with van der Waals surface area (Å²) in [5, 5.41) is 0. The molecule has 3 atom stereocenters. The standard InChI is InChI=1S/C22H24FN3O2/c23-18-9-5-4-8-16(18)21-17-14-26(13-12-19(17)24-25-21)22(28)20(27)11-10-15-6-2-1-3-7-15/h1-9,17,19,21,24-25H,10-14H2. The summed E-state index contributed by atoms with van der Waals surface area (Å²) in [7, 11) is 0. The first-order chi connectivity index (χ1) is 13.6. The van der Waals surface area contributed by atoms with Gasteiger partial charge in [-0.05, 0) is 24.5 Å². The summed E-state index contributed by atoms with van der Waals surface area (Å²) < 4.78 is 14.2. The molecule has 28 heavy (non-hydrogen) atoms. The van der Waals surface area contributed by atoms with Gasteiger partial charge in [-0.3, -0.25) is 15.0 Å². The number of Topliss-reactive ketones (excluding diaryl/α,β-unsaturated/α-hetero) is 1. The van der Waals surface area contributed by atoms with Crippen LogP contribution in [0.25, 0.3) is 0 Å². The molecule has 0 aliphatic carbocycles. The highest BCUT2D eigenvalue weighted by atomic mass is 19.1. The summed E-state index contributed by atoms with van der Waals surface area (Å²) in [5.74, 6) is -1.02. The van der Waals surface area contributed by atoms with Crippen molar-refractivity contribution in [1.29, 1.82) is 0 Å². The number of hydrogen-bond acceptors (Lipinski definition) is 4. The maximum atomic E-state index is 14.2. The van der Waals surface area contributed by atoms with E-state index in [1.165, 1.54) is 6.07 Å². The van der Waals surface area contributed by atoms with E-state index in [4.69, 9.17) is 0 Å². The monoisotopic (exact) mass is 381 g/mol. The fourth-order valence-electron chi connectivity index (χ4n) is 4.21. The van der Waals surface area contributed by atoms with Crippen molar-refractivity contribution >= 4 is 11.7 Å². The summed E-state index contributed by atoms with van der Waals surface area (Å²) in [6.07, 6.45) is 1.51. The highest BCUT2D eigenvalue weighted by Crippen LogP contribution is 2.34. The number of nitrogens with zero attached hydrogens (tertiary/aromatic N) is 1. The van der Waals surface area contributed by atoms with E-state index in [0.717, 1.165) is 12.0 Å². The van der Waals surface area contributed by atoms with Crippen LogP contribution in [0.5, 0.6) is 0 Å². The molecule has 0 aromatic heterocycles. The van der Waals surface area contributed by atoms with Crippen LogP contribution in [0, 0.1) is 11.7 Å². The van der Waals surface area contributed by atoms with Crippen molar-refractivity contribution in [1.82, 2.24) is 15.8 Å². The number of likely N-dealkylation sites (tertiary alicyclic amines) is 1. The number of piperidine rings is 1. The number of benzene rings is 2. The number of fused-ring (bicyclic) bond motifs is 1. The van der Waals surface area contributed by atoms with Crippen LogP contribution in [-0.2, 0) is 16.0 Å². The normalized spacial score (nSPS) is 24.0. The van der Waals surface area contributed by atoms with E-state index in [1.807, 2.05) is 36.4 Å². The summed E-state index contributed by atoms with van der Waals surface area (Å²) >= 11 is 0. The van der Waals surface area contributed by atoms with Crippen LogP contribution in [0.3, 0.4) is 0 Å². The number of amides is 1. The summed E-state index contributed by atoms with van der Waals surface area (Å²) in [6, 6.07) is 16.3. The lowest BCUT2D eigenvalue weighted by atomic mass is 9.84. The van der Waals surface area contributed by atoms with Crippen molar-refractivity contribution in [2.45, 2.75) is 31.3 Å². The van der Waals surface area contributed by atoms with Gasteiger partial charge in [-0.25, -0.2) is 9.82 Å². The first-order valence-corrected chi connectivity index (χ1v) is 9.75. The Morgan fingerprint density at radius 3 is 2.57 bits per heavy atom. The van der Waals surface area contributed by atoms with Crippen LogP contribution in [-0.4, -0.2) is 35.7 Å². The number of hydrazine groups is 1. The average molecular weight is 381 g/mol. The van der Waals surface area contributed by atoms with E-state index in [2.05, 4.69) is 10.9 Å². The minimum atomic E-state index is -0.423. The molecule has 0 bridgehead atoms. The molecule has 0 spiro atoms. The fraction of sp³-hybridized carbons (Fsp3) is 0.364. The van der Waals surface area contributed by atoms with Gasteiger partial charge in [-0.15, -0.1) is 0 Å². The van der Waals surface area contributed by atoms with Gasteiger partial charge in [0.15, 0.2) is 0 Å². The Morgan fingerprint density at radius 1 is 1.04 bits per heavy atom. The smallest absolute Gasteiger partial charge is 0.289 e. The van der Waals surface area contributed by atoms with Gasteiger partial charge in [0.1, 0.15) is 5.82 Å². The van der Waals surface area contributed by atoms with Crippen LogP contribution >= 0.6 is 0 Å². The molecule has 2 saturated heterocycles. The van der Waals surface area contributed by atoms with Crippen molar-refractivity contribution in [3.05, 3.63) is 71.5 Å². The molecule has 146 valence electrons. The SMILES string of the molecule is O=C(CCc1ccccc1)C(=O)N1CCC2NNC(c3ccccc3F)C2C1. The van der Waals surface area contributed by atoms with Crippen LogP contribution < -0.4 is 10.9 Å². The van der Waals surface area contributed by atoms with E-state index >= 15 is 0 Å². The molecule has 0 saturated carbocycles. The lowest BCUT2D eigenvalue weighted by molar-refractivity contribution is -0.146. The number of hydrogen-bond donors (Lipinski definition) is 2. The fourth-order valence-corrected chi connectivity index (χ4v) is 4.21. The number of nitrogens with one attached hydrogen (secondary N) is 2. The average Bonchev–Trinajstić information content (AvgIpc) is 3.15. The highest BCUT2D eigenvalue weighted by Gasteiger charge is 2.43. The first-order valence-electron chi connectivity index (χ1n) is 9.75. The molecule has 2 aromatic carbocycles. The van der Waals surface area contributed by atoms with E-state index in [0.29, 0.717) is 25.1 Å². The Bertz CT molecular complexity index is 858. The second kappa shape index (κ2) is 8.20. The van der Waals surface area contributed by atoms with E-state index < -0.39 is 5.91 Å². The zero-order valence-corrected chi connectivity index (χ0v) is 15.6. The van der Waals surface area contributed by atoms with Crippen molar-refractivity contribution in [2.24, 2.45) is 5.92 Å². The molecule has 1 amide bonds. The molecular weight excluding hydrogens is 357 g/mol. The Morgan fingerprint density at radius 2 is 1.79 bits per heavy atom. The second-order valence-electron chi connectivity index (χ2n) is 7.51. The van der Waals surface area contributed by atoms with E-state index in [-0.39, 0.29) is 36.0 Å². The third-order valence-corrected chi connectivity index (χ3v) is 5.76. The maximum absolute atomic E-state index is 14.2. The minimum Gasteiger partial charge on any atom is -0.336 e. The molecule has 2 aliphatic rings. The third-order valence-electron chi connectivity index (χ3n) is 5.76. The van der Waals surface area contributed by atoms with Gasteiger partial charge in [0.2, 0.25) is 5.78 Å². The maximum Gasteiger partial charge on any atom is 0.289 e. The van der Waals surface area contributed by atoms with Gasteiger partial charge in [-0.1, -0.05) is 48.5 Å². The molecule has 2 aliphatic heterocycles. The number of halogens is 1. The zero-order valence-electron chi connectivity index (χ0n) is 15.6. The van der Waals surface area contributed by atoms with Crippen LogP contribution in [0.1, 0.15) is 30.0 Å². The van der Waals surface area contributed by atoms with E-state index in [9.17, 15) is 14.0 Å². The molecule has 3 unspecified atom stereocenters. The topological polar surface area (TPSA) is 61.4 Å². The minimum absolute atomic E-state index is 0.0246. The number of ketones is 1. The van der Waals surface area contributed by atoms with E-state index in [1.54, 1.807) is 17.0 Å².